The van der Waals surface area contributed by atoms with Gasteiger partial charge in [-0.2, -0.15) is 0 Å². The van der Waals surface area contributed by atoms with Crippen LogP contribution in [0.5, 0.6) is 11.5 Å². The lowest BCUT2D eigenvalue weighted by atomic mass is 9.48. The van der Waals surface area contributed by atoms with E-state index in [1.165, 1.54) is 13.8 Å². The molecule has 6 nitrogen and oxygen atoms in total. The first-order chi connectivity index (χ1) is 12.8. The van der Waals surface area contributed by atoms with E-state index in [0.717, 1.165) is 24.1 Å². The van der Waals surface area contributed by atoms with Crippen molar-refractivity contribution in [1.82, 2.24) is 4.90 Å². The number of rotatable bonds is 2. The van der Waals surface area contributed by atoms with Gasteiger partial charge in [0.15, 0.2) is 17.3 Å². The summed E-state index contributed by atoms with van der Waals surface area (Å²) in [5.74, 6) is 0.212. The highest BCUT2D eigenvalue weighted by molar-refractivity contribution is 5.92. The number of aliphatic hydroxyl groups is 1. The van der Waals surface area contributed by atoms with Crippen molar-refractivity contribution in [2.75, 3.05) is 13.6 Å². The second-order valence-corrected chi connectivity index (χ2v) is 8.24. The number of carbonyl (C=O) groups excluding carboxylic acids is 2. The molecule has 27 heavy (non-hydrogen) atoms. The number of likely N-dealkylation sites (tertiary alicyclic amines) is 1. The molecule has 1 aromatic carbocycles. The Morgan fingerprint density at radius 3 is 2.78 bits per heavy atom. The highest BCUT2D eigenvalue weighted by atomic mass is 16.6. The number of esters is 1. The molecule has 2 bridgehead atoms. The predicted molar refractivity (Wildman–Crippen MR) is 96.8 cm³/mol. The van der Waals surface area contributed by atoms with E-state index in [4.69, 9.17) is 9.47 Å². The SMILES string of the molecule is CC(=O)Oc1ccc2c3c1O[C@@]1(C(C)=O)[C@@H](O)C=C[C@H]4[C@@H](C2)N(C)CC[C@@]341. The molecule has 142 valence electrons. The van der Waals surface area contributed by atoms with Crippen LogP contribution in [0.25, 0.3) is 0 Å². The summed E-state index contributed by atoms with van der Waals surface area (Å²) in [6.07, 6.45) is 4.27. The van der Waals surface area contributed by atoms with E-state index < -0.39 is 23.1 Å². The van der Waals surface area contributed by atoms with Gasteiger partial charge in [0, 0.05) is 24.4 Å². The Morgan fingerprint density at radius 1 is 1.30 bits per heavy atom. The largest absolute Gasteiger partial charge is 0.471 e. The number of piperidine rings is 1. The van der Waals surface area contributed by atoms with Crippen molar-refractivity contribution in [3.05, 3.63) is 35.4 Å². The average molecular weight is 369 g/mol. The molecule has 2 heterocycles. The Morgan fingerprint density at radius 2 is 2.07 bits per heavy atom. The lowest BCUT2D eigenvalue weighted by Crippen LogP contribution is -2.73. The fraction of sp³-hybridized carbons (Fsp3) is 0.524. The van der Waals surface area contributed by atoms with Gasteiger partial charge in [-0.1, -0.05) is 18.2 Å². The summed E-state index contributed by atoms with van der Waals surface area (Å²) in [5, 5.41) is 11.0. The fourth-order valence-electron chi connectivity index (χ4n) is 6.13. The standard InChI is InChI=1S/C21H23NO5/c1-11(23)21-17(25)7-5-14-15-10-13-4-6-16(26-12(2)24)19(27-21)18(13)20(14,21)8-9-22(15)3/h4-7,14-15,17,25H,8-10H2,1-3H3/t14-,15+,17-,20-,21-/m0/s1. The molecule has 0 saturated carbocycles. The monoisotopic (exact) mass is 369 g/mol. The minimum Gasteiger partial charge on any atom is -0.471 e. The van der Waals surface area contributed by atoms with Crippen LogP contribution in [0.3, 0.4) is 0 Å². The zero-order valence-corrected chi connectivity index (χ0v) is 15.7. The molecule has 1 spiro atoms. The Kier molecular flexibility index (Phi) is 3.27. The first kappa shape index (κ1) is 17.0. The number of ketones is 1. The lowest BCUT2D eigenvalue weighted by Gasteiger charge is -2.60. The number of carbonyl (C=O) groups is 2. The number of hydrogen-bond acceptors (Lipinski definition) is 6. The van der Waals surface area contributed by atoms with Crippen molar-refractivity contribution >= 4 is 11.8 Å². The molecule has 4 aliphatic rings. The van der Waals surface area contributed by atoms with Crippen molar-refractivity contribution in [2.24, 2.45) is 5.92 Å². The molecule has 2 aliphatic carbocycles. The van der Waals surface area contributed by atoms with Gasteiger partial charge in [-0.25, -0.2) is 0 Å². The average Bonchev–Trinajstić information content (AvgIpc) is 2.93. The molecule has 1 aromatic rings. The fourth-order valence-corrected chi connectivity index (χ4v) is 6.13. The maximum Gasteiger partial charge on any atom is 0.308 e. The second-order valence-electron chi connectivity index (χ2n) is 8.24. The maximum absolute atomic E-state index is 13.0. The van der Waals surface area contributed by atoms with Gasteiger partial charge in [0.05, 0.1) is 5.41 Å². The van der Waals surface area contributed by atoms with E-state index in [2.05, 4.69) is 18.0 Å². The van der Waals surface area contributed by atoms with E-state index >= 15 is 0 Å². The van der Waals surface area contributed by atoms with Gasteiger partial charge in [0.2, 0.25) is 5.60 Å². The van der Waals surface area contributed by atoms with Gasteiger partial charge in [0.25, 0.3) is 0 Å². The minimum absolute atomic E-state index is 0.0601. The van der Waals surface area contributed by atoms with Crippen molar-refractivity contribution in [3.63, 3.8) is 0 Å². The molecule has 0 radical (unpaired) electrons. The second kappa shape index (κ2) is 5.20. The summed E-state index contributed by atoms with van der Waals surface area (Å²) in [6.45, 7) is 3.65. The molecule has 2 aliphatic heterocycles. The third-order valence-electron chi connectivity index (χ3n) is 7.11. The number of Topliss-reactive ketones (excluding diaryl/α,β-unsaturated/α-hetero) is 1. The van der Waals surface area contributed by atoms with Crippen LogP contribution < -0.4 is 9.47 Å². The van der Waals surface area contributed by atoms with E-state index in [1.54, 1.807) is 12.1 Å². The Bertz CT molecular complexity index is 908. The van der Waals surface area contributed by atoms with Crippen molar-refractivity contribution in [2.45, 2.75) is 49.9 Å². The van der Waals surface area contributed by atoms with Gasteiger partial charge in [-0.05, 0) is 45.0 Å². The zero-order valence-electron chi connectivity index (χ0n) is 15.7. The number of hydrogen-bond donors (Lipinski definition) is 1. The smallest absolute Gasteiger partial charge is 0.308 e. The molecule has 5 rings (SSSR count). The molecule has 1 fully saturated rings. The normalized spacial score (nSPS) is 38.1. The van der Waals surface area contributed by atoms with E-state index in [9.17, 15) is 14.7 Å². The van der Waals surface area contributed by atoms with Crippen LogP contribution in [-0.4, -0.2) is 53.1 Å². The van der Waals surface area contributed by atoms with Gasteiger partial charge in [-0.15, -0.1) is 0 Å². The van der Waals surface area contributed by atoms with Crippen molar-refractivity contribution in [3.8, 4) is 11.5 Å². The first-order valence-corrected chi connectivity index (χ1v) is 9.44. The van der Waals surface area contributed by atoms with Crippen LogP contribution in [0.4, 0.5) is 0 Å². The van der Waals surface area contributed by atoms with E-state index in [1.807, 2.05) is 6.07 Å². The van der Waals surface area contributed by atoms with Gasteiger partial charge < -0.3 is 19.5 Å². The van der Waals surface area contributed by atoms with E-state index in [-0.39, 0.29) is 17.7 Å². The number of likely N-dealkylation sites (N-methyl/N-ethyl adjacent to an activating group) is 1. The quantitative estimate of drug-likeness (QED) is 0.482. The van der Waals surface area contributed by atoms with Crippen molar-refractivity contribution < 1.29 is 24.2 Å². The Hall–Kier alpha value is -2.18. The number of aliphatic hydroxyl groups excluding tert-OH is 1. The third-order valence-corrected chi connectivity index (χ3v) is 7.11. The number of benzene rings is 1. The highest BCUT2D eigenvalue weighted by Crippen LogP contribution is 2.66. The van der Waals surface area contributed by atoms with Crippen LogP contribution >= 0.6 is 0 Å². The topological polar surface area (TPSA) is 76.1 Å². The summed E-state index contributed by atoms with van der Waals surface area (Å²) >= 11 is 0. The van der Waals surface area contributed by atoms with Gasteiger partial charge in [0.1, 0.15) is 6.10 Å². The lowest BCUT2D eigenvalue weighted by molar-refractivity contribution is -0.159. The Balaban J connectivity index is 1.85. The predicted octanol–water partition coefficient (Wildman–Crippen LogP) is 1.38. The summed E-state index contributed by atoms with van der Waals surface area (Å²) in [7, 11) is 2.11. The molecule has 0 unspecified atom stereocenters. The number of nitrogens with zero attached hydrogens (tertiary/aromatic N) is 1. The molecule has 1 saturated heterocycles. The molecule has 6 heteroatoms. The summed E-state index contributed by atoms with van der Waals surface area (Å²) in [4.78, 5) is 27.0. The molecule has 0 aromatic heterocycles. The summed E-state index contributed by atoms with van der Waals surface area (Å²) in [5.41, 5.74) is 0.0525. The minimum atomic E-state index is -1.38. The summed E-state index contributed by atoms with van der Waals surface area (Å²) in [6, 6.07) is 3.96. The number of ether oxygens (including phenoxy) is 2. The molecule has 1 N–H and O–H groups in total. The van der Waals surface area contributed by atoms with Crippen LogP contribution in [0, 0.1) is 5.92 Å². The van der Waals surface area contributed by atoms with Gasteiger partial charge in [-0.3, -0.25) is 9.59 Å². The van der Waals surface area contributed by atoms with Crippen LogP contribution in [-0.2, 0) is 21.4 Å². The Labute approximate surface area is 157 Å². The zero-order chi connectivity index (χ0) is 19.1. The van der Waals surface area contributed by atoms with Gasteiger partial charge >= 0.3 is 5.97 Å². The van der Waals surface area contributed by atoms with E-state index in [0.29, 0.717) is 17.9 Å². The van der Waals surface area contributed by atoms with Crippen LogP contribution in [0.15, 0.2) is 24.3 Å². The highest BCUT2D eigenvalue weighted by Gasteiger charge is 2.74. The molecule has 5 atom stereocenters. The first-order valence-electron chi connectivity index (χ1n) is 9.44. The van der Waals surface area contributed by atoms with Crippen LogP contribution in [0.2, 0.25) is 0 Å². The molecular formula is C21H23NO5. The molecular weight excluding hydrogens is 346 g/mol. The van der Waals surface area contributed by atoms with Crippen LogP contribution in [0.1, 0.15) is 31.4 Å². The summed E-state index contributed by atoms with van der Waals surface area (Å²) < 4.78 is 11.8. The third kappa shape index (κ3) is 1.78. The molecule has 0 amide bonds. The maximum atomic E-state index is 13.0. The van der Waals surface area contributed by atoms with Crippen molar-refractivity contribution in [1.29, 1.82) is 0 Å².